The van der Waals surface area contributed by atoms with Gasteiger partial charge < -0.3 is 11.1 Å². The number of aromatic nitrogens is 1. The van der Waals surface area contributed by atoms with E-state index in [1.54, 1.807) is 6.20 Å². The van der Waals surface area contributed by atoms with Crippen molar-refractivity contribution in [3.05, 3.63) is 30.1 Å². The van der Waals surface area contributed by atoms with Gasteiger partial charge in [-0.05, 0) is 50.2 Å². The maximum Gasteiger partial charge on any atom is 0.216 e. The molecule has 2 rings (SSSR count). The van der Waals surface area contributed by atoms with E-state index in [0.717, 1.165) is 31.2 Å². The molecule has 1 saturated carbocycles. The van der Waals surface area contributed by atoms with E-state index in [4.69, 9.17) is 5.73 Å². The van der Waals surface area contributed by atoms with Gasteiger partial charge in [0.05, 0.1) is 6.04 Å². The molecule has 1 radical (unpaired) electrons. The van der Waals surface area contributed by atoms with Gasteiger partial charge in [-0.1, -0.05) is 6.07 Å². The largest absolute Gasteiger partial charge is 0.324 e. The average molecular weight is 260 g/mol. The highest BCUT2D eigenvalue weighted by atomic mass is 16.1. The van der Waals surface area contributed by atoms with E-state index in [2.05, 4.69) is 10.3 Å². The van der Waals surface area contributed by atoms with Crippen LogP contribution < -0.4 is 11.1 Å². The lowest BCUT2D eigenvalue weighted by molar-refractivity contribution is 0.256. The number of carbonyl (C=O) groups excluding carboxylic acids is 1. The molecule has 0 bridgehead atoms. The predicted molar refractivity (Wildman–Crippen MR) is 75.2 cm³/mol. The number of nitrogens with one attached hydrogen (secondary N) is 1. The quantitative estimate of drug-likeness (QED) is 0.846. The first-order valence-corrected chi connectivity index (χ1v) is 7.00. The zero-order valence-corrected chi connectivity index (χ0v) is 11.4. The van der Waals surface area contributed by atoms with Gasteiger partial charge in [-0.3, -0.25) is 9.78 Å². The summed E-state index contributed by atoms with van der Waals surface area (Å²) < 4.78 is 0. The minimum atomic E-state index is -0.173. The van der Waals surface area contributed by atoms with Crippen LogP contribution in [0, 0.1) is 5.92 Å². The van der Waals surface area contributed by atoms with Gasteiger partial charge in [-0.25, -0.2) is 0 Å². The molecule has 4 heteroatoms. The lowest BCUT2D eigenvalue weighted by Crippen LogP contribution is -2.41. The van der Waals surface area contributed by atoms with E-state index in [1.165, 1.54) is 0 Å². The second-order valence-electron chi connectivity index (χ2n) is 5.43. The highest BCUT2D eigenvalue weighted by molar-refractivity contribution is 5.57. The second kappa shape index (κ2) is 6.78. The molecule has 1 aromatic heterocycles. The summed E-state index contributed by atoms with van der Waals surface area (Å²) >= 11 is 0. The van der Waals surface area contributed by atoms with Crippen LogP contribution in [0.5, 0.6) is 0 Å². The Labute approximate surface area is 114 Å². The van der Waals surface area contributed by atoms with E-state index in [9.17, 15) is 4.79 Å². The van der Waals surface area contributed by atoms with Crippen molar-refractivity contribution in [3.63, 3.8) is 0 Å². The summed E-state index contributed by atoms with van der Waals surface area (Å²) in [6.07, 6.45) is 9.95. The number of nitrogens with two attached hydrogens (primary N) is 1. The minimum absolute atomic E-state index is 0.0738. The molecule has 1 heterocycles. The fourth-order valence-corrected chi connectivity index (χ4v) is 2.88. The van der Waals surface area contributed by atoms with Gasteiger partial charge in [0.15, 0.2) is 0 Å². The number of hydrogen-bond donors (Lipinski definition) is 2. The molecular weight excluding hydrogens is 238 g/mol. The first kappa shape index (κ1) is 14.2. The third-order valence-corrected chi connectivity index (χ3v) is 4.01. The maximum absolute atomic E-state index is 10.5. The van der Waals surface area contributed by atoms with Gasteiger partial charge >= 0.3 is 0 Å². The number of nitrogens with zero attached hydrogens (tertiary/aromatic N) is 1. The molecule has 0 aliphatic heterocycles. The molecule has 4 nitrogen and oxygen atoms in total. The summed E-state index contributed by atoms with van der Waals surface area (Å²) in [5.41, 5.74) is 7.44. The zero-order valence-electron chi connectivity index (χ0n) is 11.4. The van der Waals surface area contributed by atoms with Crippen LogP contribution in [-0.2, 0) is 4.79 Å². The van der Waals surface area contributed by atoms with Crippen LogP contribution in [0.4, 0.5) is 0 Å². The molecule has 0 aromatic carbocycles. The third kappa shape index (κ3) is 3.85. The monoisotopic (exact) mass is 260 g/mol. The fraction of sp³-hybridized carbons (Fsp3) is 0.600. The Morgan fingerprint density at radius 1 is 1.42 bits per heavy atom. The van der Waals surface area contributed by atoms with E-state index in [1.807, 2.05) is 31.5 Å². The van der Waals surface area contributed by atoms with Crippen molar-refractivity contribution in [3.8, 4) is 0 Å². The van der Waals surface area contributed by atoms with Crippen LogP contribution in [0.2, 0.25) is 0 Å². The molecule has 0 spiro atoms. The molecule has 103 valence electrons. The molecule has 0 saturated heterocycles. The average Bonchev–Trinajstić information content (AvgIpc) is 2.48. The number of rotatable bonds is 5. The van der Waals surface area contributed by atoms with Crippen LogP contribution in [0.25, 0.3) is 0 Å². The summed E-state index contributed by atoms with van der Waals surface area (Å²) in [5, 5.41) is 3.29. The Kier molecular flexibility index (Phi) is 5.05. The van der Waals surface area contributed by atoms with Gasteiger partial charge in [0.25, 0.3) is 0 Å². The van der Waals surface area contributed by atoms with Gasteiger partial charge in [0, 0.05) is 24.5 Å². The van der Waals surface area contributed by atoms with Gasteiger partial charge in [-0.15, -0.1) is 0 Å². The first-order chi connectivity index (χ1) is 9.20. The predicted octanol–water partition coefficient (Wildman–Crippen LogP) is 1.73. The van der Waals surface area contributed by atoms with Crippen LogP contribution >= 0.6 is 0 Å². The first-order valence-electron chi connectivity index (χ1n) is 7.00. The van der Waals surface area contributed by atoms with Crippen molar-refractivity contribution in [1.82, 2.24) is 10.3 Å². The Morgan fingerprint density at radius 2 is 2.16 bits per heavy atom. The molecule has 1 aliphatic rings. The Hall–Kier alpha value is -1.26. The fourth-order valence-electron chi connectivity index (χ4n) is 2.88. The van der Waals surface area contributed by atoms with Gasteiger partial charge in [0.1, 0.15) is 0 Å². The molecule has 1 unspecified atom stereocenters. The molecule has 0 amide bonds. The third-order valence-electron chi connectivity index (χ3n) is 4.01. The van der Waals surface area contributed by atoms with Crippen molar-refractivity contribution in [2.24, 2.45) is 11.7 Å². The Morgan fingerprint density at radius 3 is 2.74 bits per heavy atom. The Bertz CT molecular complexity index is 388. The van der Waals surface area contributed by atoms with Crippen LogP contribution in [0.1, 0.15) is 44.2 Å². The molecule has 1 aromatic rings. The van der Waals surface area contributed by atoms with E-state index < -0.39 is 0 Å². The summed E-state index contributed by atoms with van der Waals surface area (Å²) in [7, 11) is 0. The van der Waals surface area contributed by atoms with E-state index in [0.29, 0.717) is 12.0 Å². The molecule has 1 aliphatic carbocycles. The van der Waals surface area contributed by atoms with Crippen molar-refractivity contribution >= 4 is 6.29 Å². The van der Waals surface area contributed by atoms with Crippen LogP contribution in [0.3, 0.4) is 0 Å². The summed E-state index contributed by atoms with van der Waals surface area (Å²) in [6, 6.07) is 4.31. The molecule has 19 heavy (non-hydrogen) atoms. The smallest absolute Gasteiger partial charge is 0.216 e. The molecular formula is C15H22N3O. The van der Waals surface area contributed by atoms with E-state index >= 15 is 0 Å². The van der Waals surface area contributed by atoms with Crippen molar-refractivity contribution < 1.29 is 4.79 Å². The highest BCUT2D eigenvalue weighted by Crippen LogP contribution is 2.32. The SMILES string of the molecule is C[C@@H]([C]=O)NC1CCC(C(N)c2cccnc2)CC1. The summed E-state index contributed by atoms with van der Waals surface area (Å²) in [6.45, 7) is 1.85. The Balaban J connectivity index is 1.84. The number of hydrogen-bond acceptors (Lipinski definition) is 4. The summed E-state index contributed by atoms with van der Waals surface area (Å²) in [4.78, 5) is 14.7. The van der Waals surface area contributed by atoms with Crippen molar-refractivity contribution in [2.45, 2.75) is 50.7 Å². The van der Waals surface area contributed by atoms with Crippen molar-refractivity contribution in [1.29, 1.82) is 0 Å². The normalized spacial score (nSPS) is 26.6. The van der Waals surface area contributed by atoms with E-state index in [-0.39, 0.29) is 12.1 Å². The zero-order chi connectivity index (χ0) is 13.7. The number of pyridine rings is 1. The lowest BCUT2D eigenvalue weighted by atomic mass is 9.80. The van der Waals surface area contributed by atoms with Gasteiger partial charge in [-0.2, -0.15) is 0 Å². The van der Waals surface area contributed by atoms with Gasteiger partial charge in [0.2, 0.25) is 6.29 Å². The lowest BCUT2D eigenvalue weighted by Gasteiger charge is -2.33. The standard InChI is InChI=1S/C15H22N3O/c1-11(10-19)18-14-6-4-12(5-7-14)15(16)13-3-2-8-17-9-13/h2-3,8-9,11-12,14-15,18H,4-7,16H2,1H3/t11-,12?,14?,15?/m0/s1. The summed E-state index contributed by atoms with van der Waals surface area (Å²) in [5.74, 6) is 0.512. The van der Waals surface area contributed by atoms with Crippen LogP contribution in [-0.4, -0.2) is 23.4 Å². The maximum atomic E-state index is 10.5. The van der Waals surface area contributed by atoms with Crippen LogP contribution in [0.15, 0.2) is 24.5 Å². The highest BCUT2D eigenvalue weighted by Gasteiger charge is 2.27. The van der Waals surface area contributed by atoms with Crippen molar-refractivity contribution in [2.75, 3.05) is 0 Å². The topological polar surface area (TPSA) is 68.0 Å². The molecule has 2 atom stereocenters. The second-order valence-corrected chi connectivity index (χ2v) is 5.43. The molecule has 1 fully saturated rings. The minimum Gasteiger partial charge on any atom is -0.324 e. The molecule has 3 N–H and O–H groups in total.